The van der Waals surface area contributed by atoms with Gasteiger partial charge in [-0.15, -0.1) is 0 Å². The van der Waals surface area contributed by atoms with Crippen molar-refractivity contribution >= 4 is 28.7 Å². The van der Waals surface area contributed by atoms with E-state index in [-0.39, 0.29) is 0 Å². The maximum atomic E-state index is 2.39. The standard InChI is InChI=1S/C34H31N/c1-26-16-20-32(21-17-26)35(31-14-7-4-8-15-31)33-22-18-28(19-23-33)25-34(29-11-5-3-6-12-29)30-13-9-10-27(2)24-30/h3-9,11-25,27H,10H2,1-2H3/b34-25+. The molecule has 0 heterocycles. The minimum absolute atomic E-state index is 0.554. The van der Waals surface area contributed by atoms with Crippen LogP contribution in [0.15, 0.2) is 133 Å². The monoisotopic (exact) mass is 453 g/mol. The first kappa shape index (κ1) is 22.7. The summed E-state index contributed by atoms with van der Waals surface area (Å²) in [7, 11) is 0. The summed E-state index contributed by atoms with van der Waals surface area (Å²) in [4.78, 5) is 2.30. The van der Waals surface area contributed by atoms with Gasteiger partial charge in [0, 0.05) is 17.1 Å². The molecule has 0 spiro atoms. The predicted octanol–water partition coefficient (Wildman–Crippen LogP) is 9.53. The molecule has 0 bridgehead atoms. The van der Waals surface area contributed by atoms with Crippen molar-refractivity contribution in [1.82, 2.24) is 0 Å². The Morgan fingerprint density at radius 2 is 1.29 bits per heavy atom. The lowest BCUT2D eigenvalue weighted by Crippen LogP contribution is -2.09. The minimum atomic E-state index is 0.554. The molecule has 1 heteroatoms. The molecule has 1 atom stereocenters. The van der Waals surface area contributed by atoms with E-state index in [4.69, 9.17) is 0 Å². The Balaban J connectivity index is 1.54. The lowest BCUT2D eigenvalue weighted by Gasteiger charge is -2.25. The molecular weight excluding hydrogens is 422 g/mol. The molecule has 0 amide bonds. The van der Waals surface area contributed by atoms with Crippen LogP contribution < -0.4 is 4.90 Å². The summed E-state index contributed by atoms with van der Waals surface area (Å²) in [5, 5.41) is 0. The molecule has 0 radical (unpaired) electrons. The van der Waals surface area contributed by atoms with Crippen molar-refractivity contribution in [3.63, 3.8) is 0 Å². The van der Waals surface area contributed by atoms with Gasteiger partial charge in [-0.2, -0.15) is 0 Å². The molecule has 1 aliphatic carbocycles. The van der Waals surface area contributed by atoms with Gasteiger partial charge in [-0.3, -0.25) is 0 Å². The first-order valence-corrected chi connectivity index (χ1v) is 12.4. The van der Waals surface area contributed by atoms with E-state index in [1.165, 1.54) is 27.8 Å². The van der Waals surface area contributed by atoms with E-state index in [0.717, 1.165) is 23.5 Å². The molecule has 0 saturated heterocycles. The Kier molecular flexibility index (Phi) is 6.77. The number of nitrogens with zero attached hydrogens (tertiary/aromatic N) is 1. The van der Waals surface area contributed by atoms with E-state index in [9.17, 15) is 0 Å². The van der Waals surface area contributed by atoms with E-state index in [0.29, 0.717) is 5.92 Å². The largest absolute Gasteiger partial charge is 0.311 e. The van der Waals surface area contributed by atoms with Gasteiger partial charge in [0.15, 0.2) is 0 Å². The summed E-state index contributed by atoms with van der Waals surface area (Å²) in [6, 6.07) is 38.8. The van der Waals surface area contributed by atoms with Crippen LogP contribution >= 0.6 is 0 Å². The number of hydrogen-bond donors (Lipinski definition) is 0. The fourth-order valence-electron chi connectivity index (χ4n) is 4.57. The number of para-hydroxylation sites is 1. The van der Waals surface area contributed by atoms with Crippen molar-refractivity contribution in [1.29, 1.82) is 0 Å². The lowest BCUT2D eigenvalue weighted by atomic mass is 9.89. The van der Waals surface area contributed by atoms with Gasteiger partial charge >= 0.3 is 0 Å². The smallest absolute Gasteiger partial charge is 0.0462 e. The Morgan fingerprint density at radius 3 is 1.91 bits per heavy atom. The highest BCUT2D eigenvalue weighted by Gasteiger charge is 2.13. The van der Waals surface area contributed by atoms with Crippen LogP contribution in [0.3, 0.4) is 0 Å². The molecule has 1 unspecified atom stereocenters. The fraction of sp³-hybridized carbons (Fsp3) is 0.118. The van der Waals surface area contributed by atoms with Crippen LogP contribution in [0.25, 0.3) is 11.6 Å². The highest BCUT2D eigenvalue weighted by atomic mass is 15.1. The van der Waals surface area contributed by atoms with Crippen molar-refractivity contribution < 1.29 is 0 Å². The van der Waals surface area contributed by atoms with Gasteiger partial charge in [-0.25, -0.2) is 0 Å². The van der Waals surface area contributed by atoms with Crippen molar-refractivity contribution in [3.05, 3.63) is 150 Å². The molecule has 1 aliphatic rings. The van der Waals surface area contributed by atoms with Gasteiger partial charge in [0.2, 0.25) is 0 Å². The van der Waals surface area contributed by atoms with Crippen LogP contribution in [-0.2, 0) is 0 Å². The molecule has 4 aromatic rings. The predicted molar refractivity (Wildman–Crippen MR) is 151 cm³/mol. The van der Waals surface area contributed by atoms with Crippen molar-refractivity contribution in [2.45, 2.75) is 20.3 Å². The second-order valence-corrected chi connectivity index (χ2v) is 9.26. The van der Waals surface area contributed by atoms with Gasteiger partial charge in [0.1, 0.15) is 0 Å². The Bertz CT molecular complexity index is 1340. The Morgan fingerprint density at radius 1 is 0.714 bits per heavy atom. The summed E-state index contributed by atoms with van der Waals surface area (Å²) in [6.07, 6.45) is 10.4. The van der Waals surface area contributed by atoms with E-state index in [1.54, 1.807) is 0 Å². The number of hydrogen-bond acceptors (Lipinski definition) is 1. The van der Waals surface area contributed by atoms with Crippen molar-refractivity contribution in [2.24, 2.45) is 5.92 Å². The number of anilines is 3. The molecule has 4 aromatic carbocycles. The van der Waals surface area contributed by atoms with Crippen LogP contribution in [0.4, 0.5) is 17.1 Å². The molecule has 172 valence electrons. The molecule has 0 aliphatic heterocycles. The lowest BCUT2D eigenvalue weighted by molar-refractivity contribution is 0.733. The molecule has 1 nitrogen and oxygen atoms in total. The molecule has 0 fully saturated rings. The maximum absolute atomic E-state index is 2.39. The quantitative estimate of drug-likeness (QED) is 0.263. The van der Waals surface area contributed by atoms with Gasteiger partial charge in [-0.05, 0) is 84.0 Å². The molecular formula is C34H31N. The summed E-state index contributed by atoms with van der Waals surface area (Å²) in [5.74, 6) is 0.554. The minimum Gasteiger partial charge on any atom is -0.311 e. The molecule has 0 saturated carbocycles. The van der Waals surface area contributed by atoms with Crippen LogP contribution in [0.1, 0.15) is 30.0 Å². The van der Waals surface area contributed by atoms with E-state index in [1.807, 2.05) is 0 Å². The summed E-state index contributed by atoms with van der Waals surface area (Å²) in [6.45, 7) is 4.41. The Hall–Kier alpha value is -4.10. The Labute approximate surface area is 209 Å². The van der Waals surface area contributed by atoms with Crippen LogP contribution in [0.2, 0.25) is 0 Å². The fourth-order valence-corrected chi connectivity index (χ4v) is 4.57. The zero-order valence-electron chi connectivity index (χ0n) is 20.4. The average molecular weight is 454 g/mol. The number of allylic oxidation sites excluding steroid dienone is 5. The number of rotatable bonds is 6. The third kappa shape index (κ3) is 5.36. The van der Waals surface area contributed by atoms with Gasteiger partial charge in [0.05, 0.1) is 0 Å². The molecule has 0 aromatic heterocycles. The van der Waals surface area contributed by atoms with Crippen LogP contribution in [-0.4, -0.2) is 0 Å². The third-order valence-electron chi connectivity index (χ3n) is 6.43. The summed E-state index contributed by atoms with van der Waals surface area (Å²) in [5.41, 5.74) is 9.70. The zero-order chi connectivity index (χ0) is 24.0. The summed E-state index contributed by atoms with van der Waals surface area (Å²) < 4.78 is 0. The van der Waals surface area contributed by atoms with Crippen LogP contribution in [0, 0.1) is 12.8 Å². The van der Waals surface area contributed by atoms with E-state index in [2.05, 4.69) is 152 Å². The second kappa shape index (κ2) is 10.4. The van der Waals surface area contributed by atoms with Crippen molar-refractivity contribution in [3.8, 4) is 0 Å². The van der Waals surface area contributed by atoms with E-state index >= 15 is 0 Å². The number of aryl methyl sites for hydroxylation is 1. The third-order valence-corrected chi connectivity index (χ3v) is 6.43. The first-order chi connectivity index (χ1) is 17.2. The average Bonchev–Trinajstić information content (AvgIpc) is 2.90. The highest BCUT2D eigenvalue weighted by Crippen LogP contribution is 2.35. The SMILES string of the molecule is Cc1ccc(N(c2ccccc2)c2ccc(/C=C(/C3=CC(C)CC=C3)c3ccccc3)cc2)cc1. The van der Waals surface area contributed by atoms with Crippen LogP contribution in [0.5, 0.6) is 0 Å². The zero-order valence-corrected chi connectivity index (χ0v) is 20.4. The van der Waals surface area contributed by atoms with Gasteiger partial charge in [-0.1, -0.05) is 104 Å². The number of benzene rings is 4. The van der Waals surface area contributed by atoms with Crippen molar-refractivity contribution in [2.75, 3.05) is 4.90 Å². The highest BCUT2D eigenvalue weighted by molar-refractivity contribution is 5.93. The topological polar surface area (TPSA) is 3.24 Å². The molecule has 5 rings (SSSR count). The summed E-state index contributed by atoms with van der Waals surface area (Å²) >= 11 is 0. The van der Waals surface area contributed by atoms with Gasteiger partial charge in [0.25, 0.3) is 0 Å². The first-order valence-electron chi connectivity index (χ1n) is 12.4. The normalized spacial score (nSPS) is 15.5. The van der Waals surface area contributed by atoms with E-state index < -0.39 is 0 Å². The maximum Gasteiger partial charge on any atom is 0.0462 e. The molecule has 0 N–H and O–H groups in total. The van der Waals surface area contributed by atoms with Gasteiger partial charge < -0.3 is 4.90 Å². The second-order valence-electron chi connectivity index (χ2n) is 9.26. The molecule has 35 heavy (non-hydrogen) atoms.